The van der Waals surface area contributed by atoms with Gasteiger partial charge >= 0.3 is 11.9 Å². The average molecular weight is 956 g/mol. The van der Waals surface area contributed by atoms with E-state index >= 15 is 0 Å². The molecule has 1 fully saturated rings. The summed E-state index contributed by atoms with van der Waals surface area (Å²) < 4.78 is 21.3. The number of carbonyl (C=O) groups is 7. The molecule has 0 aromatic carbocycles. The zero-order valence-corrected chi connectivity index (χ0v) is 41.0. The number of carbonyl (C=O) groups excluding carboxylic acids is 5. The molecule has 0 heterocycles. The molecule has 0 bridgehead atoms. The van der Waals surface area contributed by atoms with Crippen LogP contribution in [0.2, 0.25) is 0 Å². The second-order valence-corrected chi connectivity index (χ2v) is 17.7. The molecule has 5 amide bonds. The molecule has 18 heteroatoms. The lowest BCUT2D eigenvalue weighted by Crippen LogP contribution is -2.45. The van der Waals surface area contributed by atoms with E-state index in [0.29, 0.717) is 51.9 Å². The van der Waals surface area contributed by atoms with Crippen LogP contribution in [-0.4, -0.2) is 137 Å². The number of unbranched alkanes of at least 4 members (excludes halogenated alkanes) is 16. The van der Waals surface area contributed by atoms with Crippen molar-refractivity contribution in [1.29, 1.82) is 0 Å². The van der Waals surface area contributed by atoms with E-state index in [1.807, 2.05) is 6.92 Å². The first-order chi connectivity index (χ1) is 32.5. The van der Waals surface area contributed by atoms with Gasteiger partial charge in [0, 0.05) is 51.4 Å². The lowest BCUT2D eigenvalue weighted by atomic mass is 9.81. The van der Waals surface area contributed by atoms with Gasteiger partial charge in [-0.05, 0) is 57.3 Å². The van der Waals surface area contributed by atoms with E-state index in [-0.39, 0.29) is 107 Å². The van der Waals surface area contributed by atoms with Crippen molar-refractivity contribution in [3.8, 4) is 0 Å². The monoisotopic (exact) mass is 956 g/mol. The molecule has 388 valence electrons. The van der Waals surface area contributed by atoms with Gasteiger partial charge in [-0.1, -0.05) is 103 Å². The molecular formula is C49H89N5O13. The highest BCUT2D eigenvalue weighted by molar-refractivity contribution is 5.85. The van der Waals surface area contributed by atoms with Gasteiger partial charge in [-0.15, -0.1) is 0 Å². The lowest BCUT2D eigenvalue weighted by Gasteiger charge is -2.28. The summed E-state index contributed by atoms with van der Waals surface area (Å²) in [5, 5.41) is 32.2. The third-order valence-electron chi connectivity index (χ3n) is 11.8. The Labute approximate surface area is 400 Å². The maximum absolute atomic E-state index is 13.0. The number of rotatable bonds is 46. The highest BCUT2D eigenvalue weighted by Crippen LogP contribution is 2.29. The largest absolute Gasteiger partial charge is 0.481 e. The smallest absolute Gasteiger partial charge is 0.326 e. The fourth-order valence-corrected chi connectivity index (χ4v) is 7.72. The van der Waals surface area contributed by atoms with Crippen molar-refractivity contribution in [2.45, 2.75) is 180 Å². The molecule has 18 nitrogen and oxygen atoms in total. The first-order valence-corrected chi connectivity index (χ1v) is 25.6. The fourth-order valence-electron chi connectivity index (χ4n) is 7.72. The van der Waals surface area contributed by atoms with Crippen LogP contribution in [0.5, 0.6) is 0 Å². The Bertz CT molecular complexity index is 1330. The van der Waals surface area contributed by atoms with Crippen LogP contribution in [0, 0.1) is 11.8 Å². The normalized spacial score (nSPS) is 15.1. The lowest BCUT2D eigenvalue weighted by molar-refractivity contribution is -0.143. The summed E-state index contributed by atoms with van der Waals surface area (Å²) >= 11 is 0. The number of nitrogens with one attached hydrogen (secondary N) is 5. The van der Waals surface area contributed by atoms with Crippen LogP contribution in [0.4, 0.5) is 0 Å². The highest BCUT2D eigenvalue weighted by Gasteiger charge is 2.30. The molecule has 1 saturated carbocycles. The summed E-state index contributed by atoms with van der Waals surface area (Å²) in [6.45, 7) is 5.06. The Morgan fingerprint density at radius 3 is 1.39 bits per heavy atom. The van der Waals surface area contributed by atoms with Crippen molar-refractivity contribution < 1.29 is 62.7 Å². The van der Waals surface area contributed by atoms with E-state index in [2.05, 4.69) is 26.6 Å². The van der Waals surface area contributed by atoms with Crippen LogP contribution in [-0.2, 0) is 52.5 Å². The van der Waals surface area contributed by atoms with Gasteiger partial charge in [0.15, 0.2) is 0 Å². The minimum Gasteiger partial charge on any atom is -0.481 e. The van der Waals surface area contributed by atoms with Crippen molar-refractivity contribution in [2.24, 2.45) is 11.8 Å². The van der Waals surface area contributed by atoms with E-state index in [4.69, 9.17) is 24.1 Å². The number of carboxylic acid groups (broad SMARTS) is 2. The molecule has 0 unspecified atom stereocenters. The van der Waals surface area contributed by atoms with Crippen LogP contribution < -0.4 is 26.6 Å². The second kappa shape index (κ2) is 43.4. The second-order valence-electron chi connectivity index (χ2n) is 17.7. The third kappa shape index (κ3) is 38.8. The molecule has 1 rings (SSSR count). The minimum atomic E-state index is -1.20. The molecule has 1 aliphatic rings. The molecule has 67 heavy (non-hydrogen) atoms. The van der Waals surface area contributed by atoms with Crippen LogP contribution in [0.25, 0.3) is 0 Å². The molecule has 7 N–H and O–H groups in total. The predicted octanol–water partition coefficient (Wildman–Crippen LogP) is 5.58. The third-order valence-corrected chi connectivity index (χ3v) is 11.8. The first-order valence-electron chi connectivity index (χ1n) is 25.6. The minimum absolute atomic E-state index is 0.0142. The van der Waals surface area contributed by atoms with Crippen LogP contribution in [0.1, 0.15) is 174 Å². The molecule has 1 aliphatic carbocycles. The maximum Gasteiger partial charge on any atom is 0.326 e. The van der Waals surface area contributed by atoms with Crippen molar-refractivity contribution in [3.63, 3.8) is 0 Å². The first kappa shape index (κ1) is 61.1. The predicted molar refractivity (Wildman–Crippen MR) is 255 cm³/mol. The number of amides is 5. The quantitative estimate of drug-likeness (QED) is 0.0369. The molecule has 0 aromatic heterocycles. The highest BCUT2D eigenvalue weighted by atomic mass is 16.5. The molecule has 0 aromatic rings. The van der Waals surface area contributed by atoms with Gasteiger partial charge in [0.05, 0.1) is 39.6 Å². The molecule has 0 aliphatic heterocycles. The number of carboxylic acids is 2. The summed E-state index contributed by atoms with van der Waals surface area (Å²) in [5.74, 6) is -2.97. The van der Waals surface area contributed by atoms with Crippen LogP contribution >= 0.6 is 0 Å². The number of aliphatic carboxylic acids is 2. The molecule has 1 atom stereocenters. The number of hydrogen-bond acceptors (Lipinski definition) is 11. The van der Waals surface area contributed by atoms with Gasteiger partial charge in [-0.2, -0.15) is 0 Å². The Balaban J connectivity index is 1.99. The van der Waals surface area contributed by atoms with Crippen molar-refractivity contribution in [2.75, 3.05) is 79.0 Å². The van der Waals surface area contributed by atoms with Crippen molar-refractivity contribution in [1.82, 2.24) is 26.6 Å². The average Bonchev–Trinajstić information content (AvgIpc) is 3.30. The van der Waals surface area contributed by atoms with Gasteiger partial charge in [0.2, 0.25) is 29.5 Å². The standard InChI is InChI=1S/C49H89N5O13/c1-2-3-28-50-45(57)38-66-35-34-65-32-30-52-46(58)39-67-36-33-64-31-29-51-44(56)27-26-42(49(62)63)54-48(61)41-24-22-40(23-25-41)37-53-43(55)20-18-16-14-12-10-8-6-4-5-7-9-11-13-15-17-19-21-47(59)60/h40-42H,2-39H2,1H3,(H,50,57)(H,51,56)(H,52,58)(H,53,55)(H,54,61)(H,59,60)(H,62,63)/t40?,41?,42-/m0/s1. The Hall–Kier alpha value is -3.87. The number of hydrogen-bond donors (Lipinski definition) is 7. The molecule has 0 radical (unpaired) electrons. The number of ether oxygens (including phenoxy) is 4. The van der Waals surface area contributed by atoms with Crippen molar-refractivity contribution in [3.05, 3.63) is 0 Å². The van der Waals surface area contributed by atoms with E-state index in [0.717, 1.165) is 64.2 Å². The topological polar surface area (TPSA) is 257 Å². The van der Waals surface area contributed by atoms with E-state index < -0.39 is 18.0 Å². The van der Waals surface area contributed by atoms with Crippen LogP contribution in [0.15, 0.2) is 0 Å². The van der Waals surface area contributed by atoms with Crippen LogP contribution in [0.3, 0.4) is 0 Å². The Morgan fingerprint density at radius 1 is 0.478 bits per heavy atom. The van der Waals surface area contributed by atoms with Crippen molar-refractivity contribution >= 4 is 41.5 Å². The SMILES string of the molecule is CCCCNC(=O)COCCOCCNC(=O)COCCOCCNC(=O)CC[C@H](NC(=O)C1CCC(CNC(=O)CCCCCCCCCCCCCCCCCCC(=O)O)CC1)C(=O)O. The van der Waals surface area contributed by atoms with Gasteiger partial charge in [-0.25, -0.2) is 4.79 Å². The molecular weight excluding hydrogens is 867 g/mol. The Kier molecular flexibility index (Phi) is 39.6. The molecule has 0 saturated heterocycles. The summed E-state index contributed by atoms with van der Waals surface area (Å²) in [4.78, 5) is 83.6. The van der Waals surface area contributed by atoms with E-state index in [1.165, 1.54) is 64.2 Å². The van der Waals surface area contributed by atoms with E-state index in [9.17, 15) is 38.7 Å². The zero-order valence-electron chi connectivity index (χ0n) is 41.0. The zero-order chi connectivity index (χ0) is 49.0. The summed E-state index contributed by atoms with van der Waals surface area (Å²) in [7, 11) is 0. The van der Waals surface area contributed by atoms with E-state index in [1.54, 1.807) is 0 Å². The fraction of sp³-hybridized carbons (Fsp3) is 0.857. The van der Waals surface area contributed by atoms with Gasteiger partial charge in [0.25, 0.3) is 0 Å². The summed E-state index contributed by atoms with van der Waals surface area (Å²) in [6.07, 6.45) is 24.2. The Morgan fingerprint density at radius 2 is 0.910 bits per heavy atom. The summed E-state index contributed by atoms with van der Waals surface area (Å²) in [5.41, 5.74) is 0. The maximum atomic E-state index is 13.0. The van der Waals surface area contributed by atoms with Gasteiger partial charge in [-0.3, -0.25) is 28.8 Å². The molecule has 0 spiro atoms. The van der Waals surface area contributed by atoms with Gasteiger partial charge in [0.1, 0.15) is 19.3 Å². The summed E-state index contributed by atoms with van der Waals surface area (Å²) in [6, 6.07) is -1.18. The van der Waals surface area contributed by atoms with Gasteiger partial charge < -0.3 is 55.7 Å².